The van der Waals surface area contributed by atoms with E-state index in [4.69, 9.17) is 14.2 Å². The van der Waals surface area contributed by atoms with Gasteiger partial charge in [-0.1, -0.05) is 18.2 Å². The lowest BCUT2D eigenvalue weighted by Gasteiger charge is -2.28. The Labute approximate surface area is 261 Å². The molecule has 6 rings (SSSR count). The van der Waals surface area contributed by atoms with E-state index in [0.717, 1.165) is 25.9 Å². The number of aromatic nitrogens is 1. The molecule has 0 radical (unpaired) electrons. The smallest absolute Gasteiger partial charge is 0.166 e. The van der Waals surface area contributed by atoms with Crippen LogP contribution in [-0.4, -0.2) is 55.3 Å². The van der Waals surface area contributed by atoms with Crippen LogP contribution < -0.4 is 14.2 Å². The zero-order valence-electron chi connectivity index (χ0n) is 25.5. The van der Waals surface area contributed by atoms with Crippen LogP contribution in [0.25, 0.3) is 10.9 Å². The maximum atomic E-state index is 15.3. The zero-order valence-corrected chi connectivity index (χ0v) is 25.5. The SMILES string of the molecule is COc1cc2c(Oc3ccc(CC(=O)C4(C(=O)Cc5ccc(F)cc5)CC4)cc3F)ccnc2cc1OCC1CCN(C)CC1. The first-order valence-corrected chi connectivity index (χ1v) is 15.3. The first-order valence-electron chi connectivity index (χ1n) is 15.3. The summed E-state index contributed by atoms with van der Waals surface area (Å²) in [7, 11) is 3.70. The van der Waals surface area contributed by atoms with E-state index in [1.807, 2.05) is 6.07 Å². The van der Waals surface area contributed by atoms with Gasteiger partial charge in [0.2, 0.25) is 0 Å². The first-order chi connectivity index (χ1) is 21.7. The fraction of sp³-hybridized carbons (Fsp3) is 0.361. The Balaban J connectivity index is 1.13. The molecule has 1 aliphatic heterocycles. The molecule has 3 aromatic carbocycles. The van der Waals surface area contributed by atoms with Crippen molar-refractivity contribution >= 4 is 22.5 Å². The molecule has 0 bridgehead atoms. The summed E-state index contributed by atoms with van der Waals surface area (Å²) < 4.78 is 46.3. The van der Waals surface area contributed by atoms with Crippen molar-refractivity contribution in [1.29, 1.82) is 0 Å². The van der Waals surface area contributed by atoms with Crippen LogP contribution in [0.5, 0.6) is 23.0 Å². The van der Waals surface area contributed by atoms with Gasteiger partial charge >= 0.3 is 0 Å². The predicted octanol–water partition coefficient (Wildman–Crippen LogP) is 6.74. The van der Waals surface area contributed by atoms with E-state index >= 15 is 4.39 Å². The minimum absolute atomic E-state index is 0.00576. The molecular formula is C36H36F2N2O5. The molecule has 2 fully saturated rings. The first kappa shape index (κ1) is 30.6. The molecule has 45 heavy (non-hydrogen) atoms. The highest BCUT2D eigenvalue weighted by Gasteiger charge is 2.54. The van der Waals surface area contributed by atoms with Crippen LogP contribution in [0.1, 0.15) is 36.8 Å². The monoisotopic (exact) mass is 614 g/mol. The summed E-state index contributed by atoms with van der Waals surface area (Å²) >= 11 is 0. The molecule has 0 spiro atoms. The molecule has 0 unspecified atom stereocenters. The lowest BCUT2D eigenvalue weighted by atomic mass is 9.88. The number of likely N-dealkylation sites (tertiary alicyclic amines) is 1. The van der Waals surface area contributed by atoms with Crippen LogP contribution in [0.4, 0.5) is 8.78 Å². The van der Waals surface area contributed by atoms with Gasteiger partial charge in [-0.05, 0) is 99.3 Å². The predicted molar refractivity (Wildman–Crippen MR) is 166 cm³/mol. The maximum absolute atomic E-state index is 15.3. The molecule has 1 saturated carbocycles. The Morgan fingerprint density at radius 1 is 0.867 bits per heavy atom. The molecule has 0 atom stereocenters. The molecule has 9 heteroatoms. The van der Waals surface area contributed by atoms with Gasteiger partial charge in [0.1, 0.15) is 11.6 Å². The number of rotatable bonds is 12. The largest absolute Gasteiger partial charge is 0.493 e. The lowest BCUT2D eigenvalue weighted by molar-refractivity contribution is -0.133. The van der Waals surface area contributed by atoms with Gasteiger partial charge in [-0.3, -0.25) is 14.6 Å². The molecule has 1 aliphatic carbocycles. The number of carbonyl (C=O) groups is 2. The van der Waals surface area contributed by atoms with Gasteiger partial charge in [0, 0.05) is 30.5 Å². The van der Waals surface area contributed by atoms with Gasteiger partial charge < -0.3 is 19.1 Å². The number of nitrogens with zero attached hydrogens (tertiary/aromatic N) is 2. The van der Waals surface area contributed by atoms with E-state index in [1.54, 1.807) is 43.6 Å². The second-order valence-corrected chi connectivity index (χ2v) is 12.2. The molecule has 7 nitrogen and oxygen atoms in total. The Morgan fingerprint density at radius 2 is 1.56 bits per heavy atom. The Morgan fingerprint density at radius 3 is 2.22 bits per heavy atom. The summed E-state index contributed by atoms with van der Waals surface area (Å²) in [5.41, 5.74) is 0.684. The standard InChI is InChI=1S/C36H36F2N2O5/c1-40-15-10-24(11-16-40)22-44-33-21-29-27(20-32(33)43-2)30(9-14-39-29)45-31-8-5-25(17-28(31)38)19-35(42)36(12-13-36)34(41)18-23-3-6-26(37)7-4-23/h3-9,14,17,20-21,24H,10-13,15-16,18-19,22H2,1-2H3. The molecule has 0 N–H and O–H groups in total. The molecular weight excluding hydrogens is 578 g/mol. The lowest BCUT2D eigenvalue weighted by Crippen LogP contribution is -2.32. The molecule has 234 valence electrons. The maximum Gasteiger partial charge on any atom is 0.166 e. The van der Waals surface area contributed by atoms with E-state index in [2.05, 4.69) is 16.9 Å². The van der Waals surface area contributed by atoms with E-state index in [9.17, 15) is 14.0 Å². The number of Topliss-reactive ketones (excluding diaryl/α,β-unsaturated/α-hetero) is 2. The molecule has 4 aromatic rings. The van der Waals surface area contributed by atoms with Crippen LogP contribution in [0, 0.1) is 23.0 Å². The summed E-state index contributed by atoms with van der Waals surface area (Å²) in [6.45, 7) is 2.70. The van der Waals surface area contributed by atoms with Crippen molar-refractivity contribution in [2.24, 2.45) is 11.3 Å². The van der Waals surface area contributed by atoms with E-state index < -0.39 is 11.2 Å². The normalized spacial score (nSPS) is 16.4. The summed E-state index contributed by atoms with van der Waals surface area (Å²) in [5, 5.41) is 0.634. The Hall–Kier alpha value is -4.37. The molecule has 2 aliphatic rings. The fourth-order valence-corrected chi connectivity index (χ4v) is 5.93. The van der Waals surface area contributed by atoms with Crippen LogP contribution in [0.3, 0.4) is 0 Å². The molecule has 0 amide bonds. The highest BCUT2D eigenvalue weighted by molar-refractivity contribution is 6.11. The minimum Gasteiger partial charge on any atom is -0.493 e. The number of methoxy groups -OCH3 is 1. The second kappa shape index (κ2) is 12.9. The van der Waals surface area contributed by atoms with Gasteiger partial charge in [-0.25, -0.2) is 8.78 Å². The third-order valence-corrected chi connectivity index (χ3v) is 8.98. The van der Waals surface area contributed by atoms with Gasteiger partial charge in [0.25, 0.3) is 0 Å². The van der Waals surface area contributed by atoms with E-state index in [0.29, 0.717) is 64.6 Å². The Kier molecular flexibility index (Phi) is 8.81. The number of ether oxygens (including phenoxy) is 3. The number of hydrogen-bond donors (Lipinski definition) is 0. The number of hydrogen-bond acceptors (Lipinski definition) is 7. The third kappa shape index (κ3) is 6.83. The number of pyridine rings is 1. The Bertz CT molecular complexity index is 1710. The number of fused-ring (bicyclic) bond motifs is 1. The highest BCUT2D eigenvalue weighted by atomic mass is 19.1. The van der Waals surface area contributed by atoms with Crippen molar-refractivity contribution in [3.63, 3.8) is 0 Å². The second-order valence-electron chi connectivity index (χ2n) is 12.2. The number of carbonyl (C=O) groups excluding carboxylic acids is 2. The average molecular weight is 615 g/mol. The zero-order chi connectivity index (χ0) is 31.6. The molecule has 1 aromatic heterocycles. The van der Waals surface area contributed by atoms with Gasteiger partial charge in [0.15, 0.2) is 34.6 Å². The van der Waals surface area contributed by atoms with Gasteiger partial charge in [-0.15, -0.1) is 0 Å². The van der Waals surface area contributed by atoms with Crippen molar-refractivity contribution in [1.82, 2.24) is 9.88 Å². The van der Waals surface area contributed by atoms with Crippen LogP contribution in [-0.2, 0) is 22.4 Å². The van der Waals surface area contributed by atoms with Crippen LogP contribution >= 0.6 is 0 Å². The number of piperidine rings is 1. The molecule has 1 saturated heterocycles. The van der Waals surface area contributed by atoms with Crippen molar-refractivity contribution < 1.29 is 32.6 Å². The number of halogens is 2. The van der Waals surface area contributed by atoms with Crippen molar-refractivity contribution in [3.05, 3.63) is 89.6 Å². The average Bonchev–Trinajstić information content (AvgIpc) is 3.85. The van der Waals surface area contributed by atoms with E-state index in [-0.39, 0.29) is 36.0 Å². The number of benzene rings is 3. The van der Waals surface area contributed by atoms with Crippen LogP contribution in [0.2, 0.25) is 0 Å². The van der Waals surface area contributed by atoms with Gasteiger partial charge in [0.05, 0.1) is 24.6 Å². The summed E-state index contributed by atoms with van der Waals surface area (Å²) in [6, 6.07) is 15.3. The highest BCUT2D eigenvalue weighted by Crippen LogP contribution is 2.49. The summed E-state index contributed by atoms with van der Waals surface area (Å²) in [5.74, 6) is 0.565. The summed E-state index contributed by atoms with van der Waals surface area (Å²) in [4.78, 5) is 33.0. The number of ketones is 2. The van der Waals surface area contributed by atoms with Crippen molar-refractivity contribution in [2.75, 3.05) is 33.9 Å². The minimum atomic E-state index is -1.05. The van der Waals surface area contributed by atoms with Crippen LogP contribution in [0.15, 0.2) is 66.9 Å². The van der Waals surface area contributed by atoms with Crippen molar-refractivity contribution in [3.8, 4) is 23.0 Å². The third-order valence-electron chi connectivity index (χ3n) is 8.98. The quantitative estimate of drug-likeness (QED) is 0.164. The van der Waals surface area contributed by atoms with Crippen molar-refractivity contribution in [2.45, 2.75) is 38.5 Å². The topological polar surface area (TPSA) is 78.0 Å². The summed E-state index contributed by atoms with van der Waals surface area (Å²) in [6.07, 6.45) is 4.69. The van der Waals surface area contributed by atoms with E-state index in [1.165, 1.54) is 24.3 Å². The molecule has 2 heterocycles. The fourth-order valence-electron chi connectivity index (χ4n) is 5.93. The van der Waals surface area contributed by atoms with Gasteiger partial charge in [-0.2, -0.15) is 0 Å².